The zero-order valence-electron chi connectivity index (χ0n) is 56.7. The van der Waals surface area contributed by atoms with Crippen molar-refractivity contribution in [3.05, 3.63) is 0 Å². The van der Waals surface area contributed by atoms with Crippen LogP contribution >= 0.6 is 0 Å². The Hall–Kier alpha value is -1.21. The Balaban J connectivity index is 1.38. The first-order valence-electron chi connectivity index (χ1n) is 37.3. The van der Waals surface area contributed by atoms with Gasteiger partial charge in [-0.3, -0.25) is 4.79 Å². The molecule has 3 aliphatic rings. The zero-order chi connectivity index (χ0) is 65.4. The summed E-state index contributed by atoms with van der Waals surface area (Å²) in [5.41, 5.74) is 0. The van der Waals surface area contributed by atoms with E-state index >= 15 is 0 Å². The summed E-state index contributed by atoms with van der Waals surface area (Å²) in [6.07, 6.45) is 31.9. The van der Waals surface area contributed by atoms with Crippen molar-refractivity contribution in [1.82, 2.24) is 5.32 Å². The van der Waals surface area contributed by atoms with Crippen LogP contribution in [0.5, 0.6) is 0 Å². The lowest BCUT2D eigenvalue weighted by Crippen LogP contribution is -2.66. The summed E-state index contributed by atoms with van der Waals surface area (Å²) in [6, 6.07) is -0.882. The summed E-state index contributed by atoms with van der Waals surface area (Å²) in [7, 11) is 0. The molecule has 534 valence electrons. The second-order valence-corrected chi connectivity index (χ2v) is 27.1. The van der Waals surface area contributed by atoms with Gasteiger partial charge >= 0.3 is 0 Å². The largest absolute Gasteiger partial charge is 0.394 e. The number of carbonyl (C=O) groups excluding carboxylic acids is 1. The number of rotatable bonds is 59. The average Bonchev–Trinajstić information content (AvgIpc) is 1.46. The number of nitrogens with one attached hydrogen (secondary N) is 1. The molecule has 0 aromatic heterocycles. The maximum absolute atomic E-state index is 13.4. The van der Waals surface area contributed by atoms with Crippen LogP contribution in [0.3, 0.4) is 0 Å². The lowest BCUT2D eigenvalue weighted by atomic mass is 9.96. The molecule has 0 aliphatic carbocycles. The molecule has 19 nitrogen and oxygen atoms in total. The summed E-state index contributed by atoms with van der Waals surface area (Å²) in [6.45, 7) is 1.85. The zero-order valence-corrected chi connectivity index (χ0v) is 56.7. The SMILES string of the molecule is CCCCCCCCCCCCCCCCCCCCCCCCCCCCCCC(=O)NC(COC1OC(CO)C(OC2OC(CO)C(OC3OC(CO)C(O)C(O)C3O)C(O)C2O)C(O)C1O)C(O)CCCCCCCCCCCCCCCCCCC. The maximum Gasteiger partial charge on any atom is 0.220 e. The Bertz CT molecular complexity index is 1640. The molecule has 3 fully saturated rings. The van der Waals surface area contributed by atoms with Gasteiger partial charge in [-0.15, -0.1) is 0 Å². The van der Waals surface area contributed by atoms with Crippen LogP contribution in [0.1, 0.15) is 316 Å². The number of unbranched alkanes of at least 4 members (excludes halogenated alkanes) is 43. The molecule has 90 heavy (non-hydrogen) atoms. The summed E-state index contributed by atoms with van der Waals surface area (Å²) < 4.78 is 34.5. The van der Waals surface area contributed by atoms with E-state index < -0.39 is 124 Å². The number of hydrogen-bond donors (Lipinski definition) is 12. The van der Waals surface area contributed by atoms with Gasteiger partial charge in [0.25, 0.3) is 0 Å². The Kier molecular flexibility index (Phi) is 49.7. The van der Waals surface area contributed by atoms with E-state index in [0.29, 0.717) is 12.8 Å². The van der Waals surface area contributed by atoms with Crippen LogP contribution in [-0.2, 0) is 33.2 Å². The topological polar surface area (TPSA) is 307 Å². The standard InChI is InChI=1S/C71H137NO18/c1-3-5-7-9-11-13-15-17-19-21-22-23-24-25-26-27-28-29-30-31-33-35-37-39-41-43-45-47-49-59(77)72-54(55(76)48-46-44-42-40-38-36-34-32-20-18-16-14-12-10-8-6-4-2)53-85-69-65(83)62(80)67(57(51-74)87-69)90-71-66(84)63(81)68(58(52-75)88-71)89-70-64(82)61(79)60(78)56(50-73)86-70/h54-58,60-71,73-76,78-84H,3-53H2,1-2H3,(H,72,77). The van der Waals surface area contributed by atoms with E-state index in [0.717, 1.165) is 44.9 Å². The van der Waals surface area contributed by atoms with E-state index in [9.17, 15) is 61.0 Å². The van der Waals surface area contributed by atoms with Crippen molar-refractivity contribution in [2.24, 2.45) is 0 Å². The van der Waals surface area contributed by atoms with Gasteiger partial charge in [0, 0.05) is 6.42 Å². The quantitative estimate of drug-likeness (QED) is 0.0252. The third-order valence-electron chi connectivity index (χ3n) is 19.2. The second-order valence-electron chi connectivity index (χ2n) is 27.1. The van der Waals surface area contributed by atoms with Crippen molar-refractivity contribution in [3.8, 4) is 0 Å². The van der Waals surface area contributed by atoms with Gasteiger partial charge in [-0.25, -0.2) is 0 Å². The Morgan fingerprint density at radius 1 is 0.356 bits per heavy atom. The smallest absolute Gasteiger partial charge is 0.220 e. The predicted molar refractivity (Wildman–Crippen MR) is 351 cm³/mol. The molecule has 0 spiro atoms. The van der Waals surface area contributed by atoms with Gasteiger partial charge in [0.1, 0.15) is 73.2 Å². The van der Waals surface area contributed by atoms with E-state index in [1.54, 1.807) is 0 Å². The van der Waals surface area contributed by atoms with Crippen molar-refractivity contribution >= 4 is 5.91 Å². The minimum atomic E-state index is -1.97. The first kappa shape index (κ1) is 83.0. The second kappa shape index (κ2) is 53.9. The molecule has 0 saturated carbocycles. The number of aliphatic hydroxyl groups is 11. The van der Waals surface area contributed by atoms with E-state index in [2.05, 4.69) is 19.2 Å². The van der Waals surface area contributed by atoms with Crippen LogP contribution < -0.4 is 5.32 Å². The Morgan fingerprint density at radius 3 is 0.967 bits per heavy atom. The molecule has 17 unspecified atom stereocenters. The molecule has 0 bridgehead atoms. The minimum absolute atomic E-state index is 0.234. The minimum Gasteiger partial charge on any atom is -0.394 e. The average molecular weight is 1290 g/mol. The van der Waals surface area contributed by atoms with E-state index in [1.807, 2.05) is 0 Å². The summed E-state index contributed by atoms with van der Waals surface area (Å²) in [5, 5.41) is 121. The number of aliphatic hydroxyl groups excluding tert-OH is 11. The summed E-state index contributed by atoms with van der Waals surface area (Å²) in [5.74, 6) is -0.234. The highest BCUT2D eigenvalue weighted by Gasteiger charge is 2.53. The molecule has 17 atom stereocenters. The summed E-state index contributed by atoms with van der Waals surface area (Å²) >= 11 is 0. The highest BCUT2D eigenvalue weighted by Crippen LogP contribution is 2.33. The molecule has 0 radical (unpaired) electrons. The van der Waals surface area contributed by atoms with Crippen molar-refractivity contribution in [2.75, 3.05) is 26.4 Å². The van der Waals surface area contributed by atoms with Crippen molar-refractivity contribution in [1.29, 1.82) is 0 Å². The van der Waals surface area contributed by atoms with Crippen LogP contribution in [0.2, 0.25) is 0 Å². The number of carbonyl (C=O) groups is 1. The van der Waals surface area contributed by atoms with Gasteiger partial charge < -0.3 is 89.9 Å². The van der Waals surface area contributed by atoms with Gasteiger partial charge in [-0.1, -0.05) is 296 Å². The number of hydrogen-bond acceptors (Lipinski definition) is 18. The molecule has 1 amide bonds. The number of amides is 1. The first-order chi connectivity index (χ1) is 43.8. The molecule has 0 aromatic rings. The molecule has 0 aromatic carbocycles. The van der Waals surface area contributed by atoms with Gasteiger partial charge in [0.05, 0.1) is 38.6 Å². The van der Waals surface area contributed by atoms with Crippen molar-refractivity contribution < 1.29 is 89.4 Å². The van der Waals surface area contributed by atoms with Gasteiger partial charge in [0.15, 0.2) is 18.9 Å². The fourth-order valence-electron chi connectivity index (χ4n) is 13.1. The molecule has 12 N–H and O–H groups in total. The fraction of sp³-hybridized carbons (Fsp3) is 0.986. The first-order valence-corrected chi connectivity index (χ1v) is 37.3. The van der Waals surface area contributed by atoms with Crippen LogP contribution in [-0.4, -0.2) is 193 Å². The molecule has 3 saturated heterocycles. The normalized spacial score (nSPS) is 27.9. The van der Waals surface area contributed by atoms with Crippen molar-refractivity contribution in [3.63, 3.8) is 0 Å². The lowest BCUT2D eigenvalue weighted by molar-refractivity contribution is -0.379. The van der Waals surface area contributed by atoms with Crippen molar-refractivity contribution in [2.45, 2.75) is 420 Å². The predicted octanol–water partition coefficient (Wildman–Crippen LogP) is 10.7. The molecule has 3 rings (SSSR count). The van der Waals surface area contributed by atoms with Gasteiger partial charge in [-0.05, 0) is 12.8 Å². The molecular weight excluding hydrogens is 1150 g/mol. The van der Waals surface area contributed by atoms with Crippen LogP contribution in [0, 0.1) is 0 Å². The highest BCUT2D eigenvalue weighted by molar-refractivity contribution is 5.76. The van der Waals surface area contributed by atoms with Gasteiger partial charge in [-0.2, -0.15) is 0 Å². The van der Waals surface area contributed by atoms with Gasteiger partial charge in [0.2, 0.25) is 5.91 Å². The van der Waals surface area contributed by atoms with Crippen LogP contribution in [0.15, 0.2) is 0 Å². The highest BCUT2D eigenvalue weighted by atomic mass is 16.8. The summed E-state index contributed by atoms with van der Waals surface area (Å²) in [4.78, 5) is 13.4. The third-order valence-corrected chi connectivity index (χ3v) is 19.2. The fourth-order valence-corrected chi connectivity index (χ4v) is 13.1. The molecular formula is C71H137NO18. The maximum atomic E-state index is 13.4. The number of ether oxygens (including phenoxy) is 6. The van der Waals surface area contributed by atoms with Crippen LogP contribution in [0.4, 0.5) is 0 Å². The molecule has 3 aliphatic heterocycles. The monoisotopic (exact) mass is 1290 g/mol. The lowest BCUT2D eigenvalue weighted by Gasteiger charge is -2.48. The molecule has 19 heteroatoms. The van der Waals surface area contributed by atoms with Crippen LogP contribution in [0.25, 0.3) is 0 Å². The van der Waals surface area contributed by atoms with E-state index in [1.165, 1.54) is 238 Å². The molecule has 3 heterocycles. The third kappa shape index (κ3) is 35.2. The Labute approximate surface area is 544 Å². The van der Waals surface area contributed by atoms with E-state index in [4.69, 9.17) is 28.4 Å². The van der Waals surface area contributed by atoms with E-state index in [-0.39, 0.29) is 18.9 Å². The Morgan fingerprint density at radius 2 is 0.633 bits per heavy atom.